The van der Waals surface area contributed by atoms with E-state index in [0.29, 0.717) is 35.7 Å². The third-order valence-electron chi connectivity index (χ3n) is 5.85. The number of nitrogens with zero attached hydrogens (tertiary/aromatic N) is 4. The van der Waals surface area contributed by atoms with Crippen molar-refractivity contribution in [3.63, 3.8) is 0 Å². The molecule has 3 heterocycles. The van der Waals surface area contributed by atoms with Crippen molar-refractivity contribution in [2.75, 3.05) is 13.2 Å². The third-order valence-corrected chi connectivity index (χ3v) is 5.85. The molecule has 0 bridgehead atoms. The number of nitriles is 1. The second-order valence-electron chi connectivity index (χ2n) is 7.88. The van der Waals surface area contributed by atoms with E-state index in [1.54, 1.807) is 23.9 Å². The van der Waals surface area contributed by atoms with Crippen molar-refractivity contribution in [3.8, 4) is 28.8 Å². The fourth-order valence-corrected chi connectivity index (χ4v) is 4.16. The molecule has 7 heteroatoms. The molecule has 1 saturated heterocycles. The zero-order valence-corrected chi connectivity index (χ0v) is 17.7. The summed E-state index contributed by atoms with van der Waals surface area (Å²) in [5, 5.41) is 9.93. The van der Waals surface area contributed by atoms with E-state index >= 15 is 0 Å². The van der Waals surface area contributed by atoms with Gasteiger partial charge in [-0.05, 0) is 43.2 Å². The number of hydrogen-bond acceptors (Lipinski definition) is 5. The number of fused-ring (bicyclic) bond motifs is 1. The summed E-state index contributed by atoms with van der Waals surface area (Å²) in [4.78, 5) is 16.8. The topological polar surface area (TPSA) is 82.1 Å². The van der Waals surface area contributed by atoms with Gasteiger partial charge in [-0.2, -0.15) is 5.26 Å². The van der Waals surface area contributed by atoms with Crippen molar-refractivity contribution in [1.82, 2.24) is 14.1 Å². The van der Waals surface area contributed by atoms with Gasteiger partial charge < -0.3 is 14.0 Å². The summed E-state index contributed by atoms with van der Waals surface area (Å²) >= 11 is 0. The fraction of sp³-hybridized carbons (Fsp3) is 0.240. The molecule has 7 nitrogen and oxygen atoms in total. The number of pyridine rings is 1. The zero-order valence-electron chi connectivity index (χ0n) is 17.7. The molecule has 4 aromatic rings. The molecule has 1 aliphatic heterocycles. The number of benzene rings is 2. The minimum absolute atomic E-state index is 0.0871. The minimum atomic E-state index is -0.0871. The lowest BCUT2D eigenvalue weighted by Crippen LogP contribution is -2.17. The van der Waals surface area contributed by atoms with Gasteiger partial charge in [-0.3, -0.25) is 4.79 Å². The van der Waals surface area contributed by atoms with Crippen molar-refractivity contribution in [1.29, 1.82) is 5.26 Å². The van der Waals surface area contributed by atoms with Gasteiger partial charge in [0.05, 0.1) is 5.52 Å². The van der Waals surface area contributed by atoms with Crippen molar-refractivity contribution in [2.24, 2.45) is 7.05 Å². The van der Waals surface area contributed by atoms with Gasteiger partial charge in [-0.15, -0.1) is 0 Å². The van der Waals surface area contributed by atoms with E-state index in [1.165, 1.54) is 10.6 Å². The second kappa shape index (κ2) is 8.33. The Bertz CT molecular complexity index is 1380. The number of imidazole rings is 1. The Morgan fingerprint density at radius 2 is 1.88 bits per heavy atom. The number of ether oxygens (including phenoxy) is 2. The average molecular weight is 426 g/mol. The Morgan fingerprint density at radius 1 is 1.09 bits per heavy atom. The van der Waals surface area contributed by atoms with Gasteiger partial charge in [-0.25, -0.2) is 9.55 Å². The van der Waals surface area contributed by atoms with Crippen LogP contribution < -0.4 is 10.3 Å². The summed E-state index contributed by atoms with van der Waals surface area (Å²) in [6.07, 6.45) is 5.73. The second-order valence-corrected chi connectivity index (χ2v) is 7.88. The maximum absolute atomic E-state index is 11.9. The third kappa shape index (κ3) is 3.55. The molecule has 32 heavy (non-hydrogen) atoms. The summed E-state index contributed by atoms with van der Waals surface area (Å²) in [7, 11) is 1.72. The number of hydrogen-bond donors (Lipinski definition) is 0. The first-order valence-electron chi connectivity index (χ1n) is 10.6. The first kappa shape index (κ1) is 20.0. The van der Waals surface area contributed by atoms with Crippen LogP contribution in [0.15, 0.2) is 65.6 Å². The monoisotopic (exact) mass is 426 g/mol. The van der Waals surface area contributed by atoms with Crippen LogP contribution >= 0.6 is 0 Å². The lowest BCUT2D eigenvalue weighted by molar-refractivity contribution is 0.0834. The summed E-state index contributed by atoms with van der Waals surface area (Å²) < 4.78 is 15.0. The van der Waals surface area contributed by atoms with Crippen molar-refractivity contribution in [3.05, 3.63) is 77.0 Å². The summed E-state index contributed by atoms with van der Waals surface area (Å²) in [5.41, 5.74) is 2.88. The van der Waals surface area contributed by atoms with Crippen molar-refractivity contribution >= 4 is 11.0 Å². The van der Waals surface area contributed by atoms with E-state index in [0.717, 1.165) is 29.8 Å². The molecule has 0 unspecified atom stereocenters. The molecular weight excluding hydrogens is 404 g/mol. The van der Waals surface area contributed by atoms with Crippen LogP contribution in [0.5, 0.6) is 11.5 Å². The smallest absolute Gasteiger partial charge is 0.250 e. The van der Waals surface area contributed by atoms with Gasteiger partial charge in [0.25, 0.3) is 0 Å². The molecule has 0 radical (unpaired) electrons. The van der Waals surface area contributed by atoms with Gasteiger partial charge in [0.2, 0.25) is 5.56 Å². The Labute approximate surface area is 185 Å². The Hall–Kier alpha value is -3.89. The largest absolute Gasteiger partial charge is 0.454 e. The molecule has 1 aliphatic rings. The van der Waals surface area contributed by atoms with Crippen LogP contribution in [0.3, 0.4) is 0 Å². The highest BCUT2D eigenvalue weighted by Gasteiger charge is 2.26. The van der Waals surface area contributed by atoms with E-state index in [1.807, 2.05) is 42.5 Å². The Balaban J connectivity index is 1.74. The number of aromatic nitrogens is 3. The summed E-state index contributed by atoms with van der Waals surface area (Å²) in [5.74, 6) is 2.13. The van der Waals surface area contributed by atoms with Gasteiger partial charge >= 0.3 is 0 Å². The number of rotatable bonds is 4. The van der Waals surface area contributed by atoms with Gasteiger partial charge in [-0.1, -0.05) is 18.2 Å². The van der Waals surface area contributed by atoms with Gasteiger partial charge in [0.1, 0.15) is 17.1 Å². The standard InChI is InChI=1S/C25H22N4O3/c1-28-15-18(7-10-22(28)30)20-8-9-21-23(24(20)32-19-5-3-2-4-6-19)27-25(29(21)16-26)17-11-13-31-14-12-17/h2-10,15,17H,11-14H2,1H3. The molecule has 1 fully saturated rings. The molecular formula is C25H22N4O3. The lowest BCUT2D eigenvalue weighted by atomic mass is 9.99. The van der Waals surface area contributed by atoms with Crippen LogP contribution in [0.25, 0.3) is 22.2 Å². The fourth-order valence-electron chi connectivity index (χ4n) is 4.16. The highest BCUT2D eigenvalue weighted by molar-refractivity contribution is 5.92. The number of aryl methyl sites for hydroxylation is 1. The first-order chi connectivity index (χ1) is 15.7. The normalized spacial score (nSPS) is 14.4. The summed E-state index contributed by atoms with van der Waals surface area (Å²) in [6.45, 7) is 1.33. The summed E-state index contributed by atoms with van der Waals surface area (Å²) in [6, 6.07) is 16.6. The molecule has 0 amide bonds. The Kier molecular flexibility index (Phi) is 5.21. The molecule has 0 atom stereocenters. The molecule has 5 rings (SSSR count). The van der Waals surface area contributed by atoms with Crippen LogP contribution in [-0.4, -0.2) is 27.3 Å². The van der Waals surface area contributed by atoms with Gasteiger partial charge in [0.15, 0.2) is 11.9 Å². The van der Waals surface area contributed by atoms with Gasteiger partial charge in [0, 0.05) is 49.6 Å². The zero-order chi connectivity index (χ0) is 22.1. The van der Waals surface area contributed by atoms with E-state index in [2.05, 4.69) is 6.19 Å². The number of para-hydroxylation sites is 1. The van der Waals surface area contributed by atoms with E-state index < -0.39 is 0 Å². The predicted molar refractivity (Wildman–Crippen MR) is 121 cm³/mol. The lowest BCUT2D eigenvalue weighted by Gasteiger charge is -2.20. The molecule has 160 valence electrons. The minimum Gasteiger partial charge on any atom is -0.454 e. The van der Waals surface area contributed by atoms with E-state index in [-0.39, 0.29) is 11.5 Å². The Morgan fingerprint density at radius 3 is 2.59 bits per heavy atom. The first-order valence-corrected chi connectivity index (χ1v) is 10.6. The van der Waals surface area contributed by atoms with Crippen LogP contribution in [0, 0.1) is 11.5 Å². The highest BCUT2D eigenvalue weighted by Crippen LogP contribution is 2.40. The average Bonchev–Trinajstić information content (AvgIpc) is 3.21. The SMILES string of the molecule is Cn1cc(-c2ccc3c(nc(C4CCOCC4)n3C#N)c2Oc2ccccc2)ccc1=O. The predicted octanol–water partition coefficient (Wildman–Crippen LogP) is 4.42. The van der Waals surface area contributed by atoms with Crippen LogP contribution in [0.4, 0.5) is 0 Å². The maximum atomic E-state index is 11.9. The molecule has 0 saturated carbocycles. The van der Waals surface area contributed by atoms with Crippen LogP contribution in [0.2, 0.25) is 0 Å². The highest BCUT2D eigenvalue weighted by atomic mass is 16.5. The molecule has 2 aromatic heterocycles. The molecule has 2 aromatic carbocycles. The van der Waals surface area contributed by atoms with Crippen LogP contribution in [0.1, 0.15) is 24.6 Å². The van der Waals surface area contributed by atoms with E-state index in [4.69, 9.17) is 14.5 Å². The molecule has 0 N–H and O–H groups in total. The quantitative estimate of drug-likeness (QED) is 0.483. The van der Waals surface area contributed by atoms with E-state index in [9.17, 15) is 10.1 Å². The van der Waals surface area contributed by atoms with Crippen molar-refractivity contribution in [2.45, 2.75) is 18.8 Å². The maximum Gasteiger partial charge on any atom is 0.250 e. The van der Waals surface area contributed by atoms with Crippen molar-refractivity contribution < 1.29 is 9.47 Å². The molecule has 0 aliphatic carbocycles. The molecule has 0 spiro atoms. The van der Waals surface area contributed by atoms with Crippen LogP contribution in [-0.2, 0) is 11.8 Å².